The van der Waals surface area contributed by atoms with Crippen molar-refractivity contribution in [3.05, 3.63) is 33.9 Å². The lowest BCUT2D eigenvalue weighted by molar-refractivity contribution is -0.383. The predicted octanol–water partition coefficient (Wildman–Crippen LogP) is 2.26. The second-order valence-electron chi connectivity index (χ2n) is 4.61. The highest BCUT2D eigenvalue weighted by Crippen LogP contribution is 2.25. The van der Waals surface area contributed by atoms with Crippen molar-refractivity contribution < 1.29 is 9.72 Å². The van der Waals surface area contributed by atoms with E-state index in [-0.39, 0.29) is 23.2 Å². The SMILES string of the molecule is CCN(CC(C)C#N)C(=O)c1ccc([N+](=O)[O-])c(NC)c1. The van der Waals surface area contributed by atoms with Gasteiger partial charge in [-0.05, 0) is 26.0 Å². The maximum absolute atomic E-state index is 12.4. The van der Waals surface area contributed by atoms with E-state index in [2.05, 4.69) is 11.4 Å². The van der Waals surface area contributed by atoms with Gasteiger partial charge < -0.3 is 10.2 Å². The first-order valence-electron chi connectivity index (χ1n) is 6.59. The van der Waals surface area contributed by atoms with Crippen molar-refractivity contribution in [2.45, 2.75) is 13.8 Å². The van der Waals surface area contributed by atoms with Gasteiger partial charge in [-0.15, -0.1) is 0 Å². The smallest absolute Gasteiger partial charge is 0.292 e. The predicted molar refractivity (Wildman–Crippen MR) is 79.0 cm³/mol. The highest BCUT2D eigenvalue weighted by molar-refractivity contribution is 5.96. The third-order valence-electron chi connectivity index (χ3n) is 3.09. The van der Waals surface area contributed by atoms with Crippen LogP contribution in [-0.4, -0.2) is 35.9 Å². The highest BCUT2D eigenvalue weighted by atomic mass is 16.6. The number of carbonyl (C=O) groups is 1. The summed E-state index contributed by atoms with van der Waals surface area (Å²) in [5, 5.41) is 22.4. The van der Waals surface area contributed by atoms with Crippen molar-refractivity contribution >= 4 is 17.3 Å². The van der Waals surface area contributed by atoms with Crippen LogP contribution in [0.2, 0.25) is 0 Å². The molecular weight excluding hydrogens is 272 g/mol. The number of nitrogens with one attached hydrogen (secondary N) is 1. The minimum absolute atomic E-state index is 0.0810. The number of anilines is 1. The van der Waals surface area contributed by atoms with Crippen LogP contribution in [0.3, 0.4) is 0 Å². The lowest BCUT2D eigenvalue weighted by atomic mass is 10.1. The normalized spacial score (nSPS) is 11.3. The zero-order valence-corrected chi connectivity index (χ0v) is 12.3. The summed E-state index contributed by atoms with van der Waals surface area (Å²) in [6.45, 7) is 4.37. The summed E-state index contributed by atoms with van der Waals surface area (Å²) >= 11 is 0. The maximum Gasteiger partial charge on any atom is 0.292 e. The Hall–Kier alpha value is -2.62. The molecule has 1 unspecified atom stereocenters. The largest absolute Gasteiger partial charge is 0.383 e. The van der Waals surface area contributed by atoms with Crippen molar-refractivity contribution in [1.82, 2.24) is 4.90 Å². The number of nitro benzene ring substituents is 1. The molecule has 0 aromatic heterocycles. The van der Waals surface area contributed by atoms with Gasteiger partial charge in [0, 0.05) is 31.8 Å². The maximum atomic E-state index is 12.4. The molecule has 1 N–H and O–H groups in total. The first-order chi connectivity index (χ1) is 9.94. The number of hydrogen-bond donors (Lipinski definition) is 1. The number of benzene rings is 1. The van der Waals surface area contributed by atoms with Crippen LogP contribution in [0.5, 0.6) is 0 Å². The van der Waals surface area contributed by atoms with Crippen molar-refractivity contribution in [3.63, 3.8) is 0 Å². The zero-order valence-electron chi connectivity index (χ0n) is 12.3. The standard InChI is InChI=1S/C14H18N4O3/c1-4-17(9-10(2)8-15)14(19)11-5-6-13(18(20)21)12(7-11)16-3/h5-7,10,16H,4,9H2,1-3H3. The topological polar surface area (TPSA) is 99.3 Å². The molecule has 7 nitrogen and oxygen atoms in total. The number of carbonyl (C=O) groups excluding carboxylic acids is 1. The van der Waals surface area contributed by atoms with Crippen LogP contribution in [0, 0.1) is 27.4 Å². The molecule has 21 heavy (non-hydrogen) atoms. The summed E-state index contributed by atoms with van der Waals surface area (Å²) in [6.07, 6.45) is 0. The van der Waals surface area contributed by atoms with E-state index in [4.69, 9.17) is 5.26 Å². The van der Waals surface area contributed by atoms with Crippen molar-refractivity contribution in [1.29, 1.82) is 5.26 Å². The number of nitro groups is 1. The van der Waals surface area contributed by atoms with E-state index in [1.165, 1.54) is 18.2 Å². The van der Waals surface area contributed by atoms with Gasteiger partial charge in [0.25, 0.3) is 11.6 Å². The van der Waals surface area contributed by atoms with Crippen molar-refractivity contribution in [2.75, 3.05) is 25.5 Å². The Kier molecular flexibility index (Phi) is 5.67. The molecule has 0 saturated heterocycles. The molecule has 0 aliphatic heterocycles. The van der Waals surface area contributed by atoms with E-state index >= 15 is 0 Å². The summed E-state index contributed by atoms with van der Waals surface area (Å²) in [4.78, 5) is 24.3. The van der Waals surface area contributed by atoms with Crippen LogP contribution in [-0.2, 0) is 0 Å². The molecule has 1 aromatic carbocycles. The molecule has 1 amide bonds. The fourth-order valence-electron chi connectivity index (χ4n) is 1.94. The Morgan fingerprint density at radius 1 is 1.57 bits per heavy atom. The van der Waals surface area contributed by atoms with Gasteiger partial charge in [-0.3, -0.25) is 14.9 Å². The fraction of sp³-hybridized carbons (Fsp3) is 0.429. The average Bonchev–Trinajstić information content (AvgIpc) is 2.50. The van der Waals surface area contributed by atoms with Gasteiger partial charge in [-0.1, -0.05) is 0 Å². The third-order valence-corrected chi connectivity index (χ3v) is 3.09. The molecule has 0 aliphatic carbocycles. The van der Waals surface area contributed by atoms with Crippen molar-refractivity contribution in [3.8, 4) is 6.07 Å². The Labute approximate surface area is 123 Å². The number of rotatable bonds is 6. The number of nitriles is 1. The van der Waals surface area contributed by atoms with E-state index in [0.29, 0.717) is 18.7 Å². The van der Waals surface area contributed by atoms with Crippen LogP contribution >= 0.6 is 0 Å². The molecule has 112 valence electrons. The molecule has 1 aromatic rings. The van der Waals surface area contributed by atoms with E-state index < -0.39 is 4.92 Å². The molecule has 0 fully saturated rings. The van der Waals surface area contributed by atoms with E-state index in [1.807, 2.05) is 6.92 Å². The molecule has 0 heterocycles. The second kappa shape index (κ2) is 7.24. The Balaban J connectivity index is 3.06. The quantitative estimate of drug-likeness (QED) is 0.640. The van der Waals surface area contributed by atoms with Crippen LogP contribution in [0.4, 0.5) is 11.4 Å². The summed E-state index contributed by atoms with van der Waals surface area (Å²) in [7, 11) is 1.56. The van der Waals surface area contributed by atoms with Crippen LogP contribution in [0.1, 0.15) is 24.2 Å². The summed E-state index contributed by atoms with van der Waals surface area (Å²) in [5.74, 6) is -0.512. The Bertz CT molecular complexity index is 580. The van der Waals surface area contributed by atoms with Gasteiger partial charge in [-0.2, -0.15) is 5.26 Å². The Morgan fingerprint density at radius 3 is 2.71 bits per heavy atom. The molecule has 0 aliphatic rings. The fourth-order valence-corrected chi connectivity index (χ4v) is 1.94. The molecule has 1 rings (SSSR count). The molecule has 0 radical (unpaired) electrons. The Morgan fingerprint density at radius 2 is 2.24 bits per heavy atom. The van der Waals surface area contributed by atoms with E-state index in [1.54, 1.807) is 18.9 Å². The van der Waals surface area contributed by atoms with Crippen LogP contribution in [0.15, 0.2) is 18.2 Å². The lowest BCUT2D eigenvalue weighted by Crippen LogP contribution is -2.34. The molecule has 0 bridgehead atoms. The van der Waals surface area contributed by atoms with Gasteiger partial charge in [0.05, 0.1) is 16.9 Å². The van der Waals surface area contributed by atoms with E-state index in [9.17, 15) is 14.9 Å². The van der Waals surface area contributed by atoms with Crippen LogP contribution < -0.4 is 5.32 Å². The summed E-state index contributed by atoms with van der Waals surface area (Å²) < 4.78 is 0. The number of nitrogens with zero attached hydrogens (tertiary/aromatic N) is 3. The first kappa shape index (κ1) is 16.4. The lowest BCUT2D eigenvalue weighted by Gasteiger charge is -2.22. The van der Waals surface area contributed by atoms with Gasteiger partial charge in [-0.25, -0.2) is 0 Å². The second-order valence-corrected chi connectivity index (χ2v) is 4.61. The van der Waals surface area contributed by atoms with Gasteiger partial charge >= 0.3 is 0 Å². The summed E-state index contributed by atoms with van der Waals surface area (Å²) in [6, 6.07) is 6.28. The van der Waals surface area contributed by atoms with Gasteiger partial charge in [0.2, 0.25) is 0 Å². The molecule has 7 heteroatoms. The third kappa shape index (κ3) is 3.92. The first-order valence-corrected chi connectivity index (χ1v) is 6.59. The molecule has 0 saturated carbocycles. The minimum atomic E-state index is -0.505. The number of amides is 1. The highest BCUT2D eigenvalue weighted by Gasteiger charge is 2.20. The van der Waals surface area contributed by atoms with Gasteiger partial charge in [0.15, 0.2) is 0 Å². The number of hydrogen-bond acceptors (Lipinski definition) is 5. The minimum Gasteiger partial charge on any atom is -0.383 e. The van der Waals surface area contributed by atoms with Crippen LogP contribution in [0.25, 0.3) is 0 Å². The van der Waals surface area contributed by atoms with Gasteiger partial charge in [0.1, 0.15) is 5.69 Å². The van der Waals surface area contributed by atoms with E-state index in [0.717, 1.165) is 0 Å². The summed E-state index contributed by atoms with van der Waals surface area (Å²) in [5.41, 5.74) is 0.565. The monoisotopic (exact) mass is 290 g/mol. The zero-order chi connectivity index (χ0) is 16.0. The molecule has 0 spiro atoms. The average molecular weight is 290 g/mol. The molecule has 1 atom stereocenters. The molecular formula is C14H18N4O3. The van der Waals surface area contributed by atoms with Crippen molar-refractivity contribution in [2.24, 2.45) is 5.92 Å².